The lowest BCUT2D eigenvalue weighted by molar-refractivity contribution is 0.273. The standard InChI is InChI=1S/C15H17ClN2O4S3/c1-12-2-4-13(5-3-12)24(19,20)17-8-10-18(11-9-17)25(21,22)15-7-6-14(16)23-15/h2-7H,8-11H2,1H3. The molecule has 10 heteroatoms. The molecule has 0 unspecified atom stereocenters. The van der Waals surface area contributed by atoms with Gasteiger partial charge in [0.2, 0.25) is 10.0 Å². The normalized spacial score (nSPS) is 17.7. The topological polar surface area (TPSA) is 74.8 Å². The third-order valence-corrected chi connectivity index (χ3v) is 9.51. The van der Waals surface area contributed by atoms with Crippen molar-refractivity contribution in [3.05, 3.63) is 46.3 Å². The van der Waals surface area contributed by atoms with Gasteiger partial charge in [0, 0.05) is 26.2 Å². The predicted octanol–water partition coefficient (Wildman–Crippen LogP) is 2.41. The van der Waals surface area contributed by atoms with Crippen LogP contribution in [0.5, 0.6) is 0 Å². The molecule has 2 heterocycles. The number of nitrogens with zero attached hydrogens (tertiary/aromatic N) is 2. The van der Waals surface area contributed by atoms with Gasteiger partial charge in [0.25, 0.3) is 10.0 Å². The number of halogens is 1. The Balaban J connectivity index is 1.74. The minimum atomic E-state index is -3.63. The van der Waals surface area contributed by atoms with Crippen LogP contribution in [0, 0.1) is 6.92 Å². The summed E-state index contributed by atoms with van der Waals surface area (Å²) in [6, 6.07) is 9.64. The van der Waals surface area contributed by atoms with Crippen LogP contribution < -0.4 is 0 Å². The Morgan fingerprint density at radius 3 is 1.84 bits per heavy atom. The monoisotopic (exact) mass is 420 g/mol. The maximum Gasteiger partial charge on any atom is 0.252 e. The van der Waals surface area contributed by atoms with Crippen LogP contribution in [0.15, 0.2) is 45.5 Å². The Labute approximate surface area is 156 Å². The molecule has 0 spiro atoms. The largest absolute Gasteiger partial charge is 0.252 e. The van der Waals surface area contributed by atoms with Gasteiger partial charge in [0.05, 0.1) is 9.23 Å². The zero-order valence-electron chi connectivity index (χ0n) is 13.4. The second-order valence-corrected chi connectivity index (χ2v) is 11.5. The van der Waals surface area contributed by atoms with Crippen molar-refractivity contribution in [2.75, 3.05) is 26.2 Å². The Bertz CT molecular complexity index is 960. The lowest BCUT2D eigenvalue weighted by atomic mass is 10.2. The summed E-state index contributed by atoms with van der Waals surface area (Å²) in [5, 5.41) is 0. The summed E-state index contributed by atoms with van der Waals surface area (Å²) >= 11 is 6.81. The van der Waals surface area contributed by atoms with E-state index >= 15 is 0 Å². The van der Waals surface area contributed by atoms with Crippen LogP contribution in [0.25, 0.3) is 0 Å². The number of benzene rings is 1. The summed E-state index contributed by atoms with van der Waals surface area (Å²) in [6.07, 6.45) is 0. The van der Waals surface area contributed by atoms with Gasteiger partial charge >= 0.3 is 0 Å². The maximum atomic E-state index is 12.7. The van der Waals surface area contributed by atoms with E-state index in [0.29, 0.717) is 4.34 Å². The van der Waals surface area contributed by atoms with Crippen LogP contribution in [0.4, 0.5) is 0 Å². The van der Waals surface area contributed by atoms with Crippen LogP contribution in [-0.2, 0) is 20.0 Å². The summed E-state index contributed by atoms with van der Waals surface area (Å²) < 4.78 is 53.7. The van der Waals surface area contributed by atoms with Crippen molar-refractivity contribution in [3.63, 3.8) is 0 Å². The fraction of sp³-hybridized carbons (Fsp3) is 0.333. The quantitative estimate of drug-likeness (QED) is 0.761. The summed E-state index contributed by atoms with van der Waals surface area (Å²) in [6.45, 7) is 2.35. The first kappa shape index (κ1) is 18.8. The Morgan fingerprint density at radius 2 is 1.36 bits per heavy atom. The highest BCUT2D eigenvalue weighted by atomic mass is 35.5. The van der Waals surface area contributed by atoms with Crippen LogP contribution in [0.3, 0.4) is 0 Å². The zero-order valence-corrected chi connectivity index (χ0v) is 16.6. The van der Waals surface area contributed by atoms with Crippen molar-refractivity contribution in [1.82, 2.24) is 8.61 Å². The van der Waals surface area contributed by atoms with Crippen molar-refractivity contribution in [2.24, 2.45) is 0 Å². The fourth-order valence-electron chi connectivity index (χ4n) is 2.57. The smallest absolute Gasteiger partial charge is 0.207 e. The van der Waals surface area contributed by atoms with Crippen molar-refractivity contribution in [1.29, 1.82) is 0 Å². The minimum Gasteiger partial charge on any atom is -0.207 e. The van der Waals surface area contributed by atoms with Gasteiger partial charge in [-0.2, -0.15) is 8.61 Å². The molecular formula is C15H17ClN2O4S3. The fourth-order valence-corrected chi connectivity index (χ4v) is 7.05. The summed E-state index contributed by atoms with van der Waals surface area (Å²) in [7, 11) is -7.25. The molecular weight excluding hydrogens is 404 g/mol. The number of piperazine rings is 1. The Morgan fingerprint density at radius 1 is 0.840 bits per heavy atom. The highest BCUT2D eigenvalue weighted by Crippen LogP contribution is 2.29. The lowest BCUT2D eigenvalue weighted by Crippen LogP contribution is -2.50. The Hall–Kier alpha value is -0.970. The molecule has 0 saturated carbocycles. The van der Waals surface area contributed by atoms with Crippen LogP contribution in [-0.4, -0.2) is 51.6 Å². The molecule has 136 valence electrons. The van der Waals surface area contributed by atoms with E-state index in [-0.39, 0.29) is 35.3 Å². The van der Waals surface area contributed by atoms with Crippen molar-refractivity contribution in [2.45, 2.75) is 16.0 Å². The lowest BCUT2D eigenvalue weighted by Gasteiger charge is -2.32. The molecule has 1 aliphatic rings. The van der Waals surface area contributed by atoms with Gasteiger partial charge in [-0.1, -0.05) is 29.3 Å². The van der Waals surface area contributed by atoms with E-state index in [1.807, 2.05) is 6.92 Å². The van der Waals surface area contributed by atoms with Gasteiger partial charge in [-0.3, -0.25) is 0 Å². The van der Waals surface area contributed by atoms with Crippen molar-refractivity contribution >= 4 is 43.0 Å². The van der Waals surface area contributed by atoms with Gasteiger partial charge in [-0.25, -0.2) is 16.8 Å². The molecule has 0 amide bonds. The second kappa shape index (κ2) is 6.98. The number of hydrogen-bond acceptors (Lipinski definition) is 5. The van der Waals surface area contributed by atoms with E-state index < -0.39 is 20.0 Å². The molecule has 1 aliphatic heterocycles. The first-order valence-electron chi connectivity index (χ1n) is 7.53. The number of thiophene rings is 1. The molecule has 3 rings (SSSR count). The number of aryl methyl sites for hydroxylation is 1. The van der Waals surface area contributed by atoms with Crippen LogP contribution >= 0.6 is 22.9 Å². The van der Waals surface area contributed by atoms with Gasteiger partial charge in [0.1, 0.15) is 4.21 Å². The molecule has 2 aromatic rings. The zero-order chi connectivity index (χ0) is 18.2. The van der Waals surface area contributed by atoms with E-state index in [9.17, 15) is 16.8 Å². The molecule has 1 aromatic carbocycles. The third kappa shape index (κ3) is 3.76. The first-order valence-corrected chi connectivity index (χ1v) is 11.6. The molecule has 1 aromatic heterocycles. The predicted molar refractivity (Wildman–Crippen MR) is 98.0 cm³/mol. The van der Waals surface area contributed by atoms with Crippen LogP contribution in [0.1, 0.15) is 5.56 Å². The van der Waals surface area contributed by atoms with Gasteiger partial charge in [-0.15, -0.1) is 11.3 Å². The highest BCUT2D eigenvalue weighted by Gasteiger charge is 2.34. The second-order valence-electron chi connectivity index (χ2n) is 5.68. The first-order chi connectivity index (χ1) is 11.7. The Kier molecular flexibility index (Phi) is 5.25. The number of rotatable bonds is 4. The van der Waals surface area contributed by atoms with E-state index in [1.54, 1.807) is 24.3 Å². The van der Waals surface area contributed by atoms with Gasteiger partial charge in [-0.05, 0) is 31.2 Å². The van der Waals surface area contributed by atoms with Crippen molar-refractivity contribution in [3.8, 4) is 0 Å². The van der Waals surface area contributed by atoms with E-state index in [1.165, 1.54) is 20.7 Å². The molecule has 25 heavy (non-hydrogen) atoms. The molecule has 0 radical (unpaired) electrons. The molecule has 0 atom stereocenters. The minimum absolute atomic E-state index is 0.114. The van der Waals surface area contributed by atoms with Gasteiger partial charge in [0.15, 0.2) is 0 Å². The number of hydrogen-bond donors (Lipinski definition) is 0. The maximum absolute atomic E-state index is 12.7. The SMILES string of the molecule is Cc1ccc(S(=O)(=O)N2CCN(S(=O)(=O)c3ccc(Cl)s3)CC2)cc1. The average Bonchev–Trinajstić information content (AvgIpc) is 3.03. The van der Waals surface area contributed by atoms with Crippen LogP contribution in [0.2, 0.25) is 4.34 Å². The molecule has 1 saturated heterocycles. The van der Waals surface area contributed by atoms with E-state index in [2.05, 4.69) is 0 Å². The number of sulfonamides is 2. The molecule has 0 N–H and O–H groups in total. The summed E-state index contributed by atoms with van der Waals surface area (Å²) in [4.78, 5) is 0.222. The summed E-state index contributed by atoms with van der Waals surface area (Å²) in [5.41, 5.74) is 0.976. The molecule has 6 nitrogen and oxygen atoms in total. The highest BCUT2D eigenvalue weighted by molar-refractivity contribution is 7.91. The van der Waals surface area contributed by atoms with Crippen molar-refractivity contribution < 1.29 is 16.8 Å². The molecule has 0 bridgehead atoms. The van der Waals surface area contributed by atoms with E-state index in [0.717, 1.165) is 16.9 Å². The molecule has 0 aliphatic carbocycles. The third-order valence-electron chi connectivity index (χ3n) is 4.00. The summed E-state index contributed by atoms with van der Waals surface area (Å²) in [5.74, 6) is 0. The molecule has 1 fully saturated rings. The average molecular weight is 421 g/mol. The van der Waals surface area contributed by atoms with Gasteiger partial charge < -0.3 is 0 Å². The van der Waals surface area contributed by atoms with E-state index in [4.69, 9.17) is 11.6 Å².